The quantitative estimate of drug-likeness (QED) is 0.226. The number of anilines is 1. The van der Waals surface area contributed by atoms with Crippen LogP contribution in [0.25, 0.3) is 0 Å². The van der Waals surface area contributed by atoms with Crippen LogP contribution in [0.5, 0.6) is 5.75 Å². The number of allylic oxidation sites excluding steroid dienone is 2. The van der Waals surface area contributed by atoms with E-state index in [4.69, 9.17) is 3.97 Å². The molecule has 11 nitrogen and oxygen atoms in total. The van der Waals surface area contributed by atoms with E-state index in [-0.39, 0.29) is 40.5 Å². The number of phenolic OH excluding ortho intramolecular Hbond substituents is 1. The number of fused-ring (bicyclic) bond motifs is 2. The van der Waals surface area contributed by atoms with Crippen LogP contribution in [-0.2, 0) is 20.5 Å². The van der Waals surface area contributed by atoms with Crippen LogP contribution in [0.1, 0.15) is 26.3 Å². The maximum atomic E-state index is 12.9. The molecule has 6 N–H and O–H groups in total. The number of aromatic hydroxyl groups is 1. The second-order valence-electron chi connectivity index (χ2n) is 8.31. The third-order valence-corrected chi connectivity index (χ3v) is 12.2. The molecule has 2 aliphatic rings. The van der Waals surface area contributed by atoms with E-state index in [0.717, 1.165) is 12.1 Å². The molecule has 0 radical (unpaired) electrons. The summed E-state index contributed by atoms with van der Waals surface area (Å²) in [5.41, 5.74) is 1.27. The summed E-state index contributed by atoms with van der Waals surface area (Å²) in [6, 6.07) is 7.64. The first-order chi connectivity index (χ1) is 16.0. The number of carbonyl (C=O) groups is 2. The Morgan fingerprint density at radius 1 is 0.882 bits per heavy atom. The number of hydrogen-bond donors (Lipinski definition) is 6. The molecule has 0 spiro atoms. The standard InChI is InChI=1S/C21H22NO10PS/c23-8-33(9-24,10-25,11-26)32-34(30,31)14-2-4-16-18(7-14)22-19(21(16)29)17-6-12-5-13(27)1-3-15(12)20(17)28/h1-5,7,22-27H,6,8-11H2/b19-17-. The van der Waals surface area contributed by atoms with Crippen LogP contribution in [-0.4, -0.2) is 70.9 Å². The summed E-state index contributed by atoms with van der Waals surface area (Å²) >= 11 is 0. The normalized spacial score (nSPS) is 18.9. The molecule has 0 fully saturated rings. The molecule has 1 heterocycles. The minimum absolute atomic E-state index is 0.0118. The van der Waals surface area contributed by atoms with E-state index < -0.39 is 53.0 Å². The van der Waals surface area contributed by atoms with Gasteiger partial charge in [-0.15, -0.1) is 0 Å². The van der Waals surface area contributed by atoms with Crippen LogP contribution >= 0.6 is 6.83 Å². The van der Waals surface area contributed by atoms with Crippen molar-refractivity contribution in [2.24, 2.45) is 0 Å². The molecule has 34 heavy (non-hydrogen) atoms. The van der Waals surface area contributed by atoms with Gasteiger partial charge in [0.15, 0.2) is 0 Å². The number of benzene rings is 2. The van der Waals surface area contributed by atoms with E-state index >= 15 is 0 Å². The second kappa shape index (κ2) is 8.21. The van der Waals surface area contributed by atoms with Crippen LogP contribution in [0.4, 0.5) is 5.69 Å². The summed E-state index contributed by atoms with van der Waals surface area (Å²) in [5, 5.41) is 51.2. The molecule has 4 rings (SSSR count). The molecule has 0 saturated heterocycles. The van der Waals surface area contributed by atoms with E-state index in [0.29, 0.717) is 11.1 Å². The first kappa shape index (κ1) is 24.4. The Balaban J connectivity index is 1.70. The van der Waals surface area contributed by atoms with Gasteiger partial charge in [-0.3, -0.25) is 0 Å². The monoisotopic (exact) mass is 511 g/mol. The van der Waals surface area contributed by atoms with Crippen molar-refractivity contribution in [1.82, 2.24) is 0 Å². The molecule has 0 saturated carbocycles. The van der Waals surface area contributed by atoms with Crippen LogP contribution < -0.4 is 5.32 Å². The summed E-state index contributed by atoms with van der Waals surface area (Å²) in [5.74, 6) is -0.921. The third-order valence-electron chi connectivity index (χ3n) is 6.03. The van der Waals surface area contributed by atoms with Gasteiger partial charge < -0.3 is 5.11 Å². The predicted octanol–water partition coefficient (Wildman–Crippen LogP) is 0.666. The number of phenols is 1. The SMILES string of the molecule is O=C1/C(=C2\Nc3cc(S(=O)(=O)OP(CO)(CO)(CO)CO)ccc3C2=O)Cc2cc(O)ccc21. The van der Waals surface area contributed by atoms with E-state index in [2.05, 4.69) is 5.32 Å². The van der Waals surface area contributed by atoms with E-state index in [1.807, 2.05) is 0 Å². The second-order valence-corrected chi connectivity index (χ2v) is 15.1. The zero-order valence-corrected chi connectivity index (χ0v) is 19.3. The first-order valence-corrected chi connectivity index (χ1v) is 14.3. The molecule has 1 aliphatic carbocycles. The predicted molar refractivity (Wildman–Crippen MR) is 121 cm³/mol. The van der Waals surface area contributed by atoms with Gasteiger partial charge in [0.25, 0.3) is 0 Å². The fourth-order valence-electron chi connectivity index (χ4n) is 3.79. The van der Waals surface area contributed by atoms with Crippen LogP contribution in [0.15, 0.2) is 52.6 Å². The van der Waals surface area contributed by atoms with Gasteiger partial charge in [0.1, 0.15) is 0 Å². The topological polar surface area (TPSA) is 191 Å². The number of aliphatic hydroxyl groups is 4. The summed E-state index contributed by atoms with van der Waals surface area (Å²) in [6.07, 6.45) is -4.21. The molecule has 0 atom stereocenters. The van der Waals surface area contributed by atoms with Crippen molar-refractivity contribution in [2.75, 3.05) is 30.7 Å². The summed E-state index contributed by atoms with van der Waals surface area (Å²) in [7, 11) is -4.70. The van der Waals surface area contributed by atoms with Crippen molar-refractivity contribution < 1.29 is 47.5 Å². The molecule has 2 aromatic rings. The molecular formula is C21H22NO10PS. The molecule has 0 aromatic heterocycles. The molecule has 0 amide bonds. The molecule has 0 bridgehead atoms. The number of aliphatic hydroxyl groups excluding tert-OH is 4. The third kappa shape index (κ3) is 3.64. The van der Waals surface area contributed by atoms with E-state index in [1.54, 1.807) is 0 Å². The van der Waals surface area contributed by atoms with Crippen LogP contribution in [0.2, 0.25) is 0 Å². The molecule has 0 unspecified atom stereocenters. The van der Waals surface area contributed by atoms with Gasteiger partial charge in [-0.25, -0.2) is 0 Å². The number of carbonyl (C=O) groups excluding carboxylic acids is 2. The molecule has 13 heteroatoms. The molecule has 1 aliphatic heterocycles. The number of hydrogen-bond acceptors (Lipinski definition) is 11. The Kier molecular flexibility index (Phi) is 5.90. The van der Waals surface area contributed by atoms with Crippen molar-refractivity contribution in [3.8, 4) is 5.75 Å². The van der Waals surface area contributed by atoms with Crippen molar-refractivity contribution in [2.45, 2.75) is 11.3 Å². The van der Waals surface area contributed by atoms with Crippen molar-refractivity contribution in [3.63, 3.8) is 0 Å². The zero-order valence-electron chi connectivity index (χ0n) is 17.6. The zero-order chi connectivity index (χ0) is 24.9. The van der Waals surface area contributed by atoms with E-state index in [1.165, 1.54) is 24.3 Å². The molecule has 182 valence electrons. The number of Topliss-reactive ketones (excluding diaryl/α,β-unsaturated/α-hetero) is 2. The van der Waals surface area contributed by atoms with Gasteiger partial charge in [-0.05, 0) is 0 Å². The summed E-state index contributed by atoms with van der Waals surface area (Å²) in [6.45, 7) is -4.70. The van der Waals surface area contributed by atoms with Gasteiger partial charge in [-0.1, -0.05) is 0 Å². The van der Waals surface area contributed by atoms with Gasteiger partial charge in [0, 0.05) is 0 Å². The Morgan fingerprint density at radius 2 is 1.50 bits per heavy atom. The van der Waals surface area contributed by atoms with Crippen LogP contribution in [0, 0.1) is 0 Å². The number of ketones is 2. The Hall–Kier alpha value is -2.70. The Labute approximate surface area is 194 Å². The number of rotatable bonds is 7. The van der Waals surface area contributed by atoms with Crippen molar-refractivity contribution in [3.05, 3.63) is 64.4 Å². The number of nitrogens with one attached hydrogen (secondary N) is 1. The van der Waals surface area contributed by atoms with Crippen molar-refractivity contribution >= 4 is 34.2 Å². The maximum absolute atomic E-state index is 12.9. The average molecular weight is 511 g/mol. The van der Waals surface area contributed by atoms with Crippen molar-refractivity contribution in [1.29, 1.82) is 0 Å². The fourth-order valence-corrected chi connectivity index (χ4v) is 8.14. The Morgan fingerprint density at radius 3 is 2.12 bits per heavy atom. The molecule has 2 aromatic carbocycles. The van der Waals surface area contributed by atoms with Gasteiger partial charge >= 0.3 is 189 Å². The first-order valence-electron chi connectivity index (χ1n) is 9.98. The fraction of sp³-hybridized carbons (Fsp3) is 0.238. The average Bonchev–Trinajstić information content (AvgIpc) is 3.33. The summed E-state index contributed by atoms with van der Waals surface area (Å²) in [4.78, 5) is 25.3. The van der Waals surface area contributed by atoms with Crippen LogP contribution in [0.3, 0.4) is 0 Å². The van der Waals surface area contributed by atoms with Gasteiger partial charge in [-0.2, -0.15) is 0 Å². The summed E-state index contributed by atoms with van der Waals surface area (Å²) < 4.78 is 30.9. The van der Waals surface area contributed by atoms with E-state index in [9.17, 15) is 43.5 Å². The van der Waals surface area contributed by atoms with Gasteiger partial charge in [0.05, 0.1) is 0 Å². The molecular weight excluding hydrogens is 489 g/mol. The Bertz CT molecular complexity index is 1340. The minimum atomic E-state index is -4.70. The van der Waals surface area contributed by atoms with Gasteiger partial charge in [0.2, 0.25) is 0 Å².